The van der Waals surface area contributed by atoms with E-state index in [0.29, 0.717) is 0 Å². The van der Waals surface area contributed by atoms with Crippen molar-refractivity contribution < 1.29 is 36.3 Å². The Labute approximate surface area is 111 Å². The van der Waals surface area contributed by atoms with Crippen molar-refractivity contribution in [3.8, 4) is 0 Å². The van der Waals surface area contributed by atoms with Gasteiger partial charge < -0.3 is 15.0 Å². The van der Waals surface area contributed by atoms with E-state index in [4.69, 9.17) is 4.74 Å². The van der Waals surface area contributed by atoms with Gasteiger partial charge in [-0.3, -0.25) is 9.59 Å². The fourth-order valence-electron chi connectivity index (χ4n) is 1.66. The zero-order valence-electron chi connectivity index (χ0n) is 10.5. The predicted octanol–water partition coefficient (Wildman–Crippen LogP) is 0.548. The van der Waals surface area contributed by atoms with Gasteiger partial charge in [0.25, 0.3) is 0 Å². The number of carbonyl (C=O) groups is 2. The second kappa shape index (κ2) is 5.90. The number of rotatable bonds is 3. The van der Waals surface area contributed by atoms with Crippen LogP contribution < -0.4 is 5.32 Å². The first-order valence-electron chi connectivity index (χ1n) is 5.74. The molecule has 0 radical (unpaired) electrons. The number of hydrogen-bond donors (Lipinski definition) is 1. The summed E-state index contributed by atoms with van der Waals surface area (Å²) in [6, 6.07) is -1.50. The summed E-state index contributed by atoms with van der Waals surface area (Å²) >= 11 is 0. The van der Waals surface area contributed by atoms with E-state index in [9.17, 15) is 31.5 Å². The van der Waals surface area contributed by atoms with Gasteiger partial charge in [0.15, 0.2) is 0 Å². The van der Waals surface area contributed by atoms with Crippen molar-refractivity contribution in [3.63, 3.8) is 0 Å². The van der Waals surface area contributed by atoms with Gasteiger partial charge in [0.2, 0.25) is 5.91 Å². The number of amides is 2. The van der Waals surface area contributed by atoms with Gasteiger partial charge in [0.1, 0.15) is 6.04 Å². The third kappa shape index (κ3) is 3.17. The lowest BCUT2D eigenvalue weighted by atomic mass is 10.1. The summed E-state index contributed by atoms with van der Waals surface area (Å²) in [4.78, 5) is 23.2. The van der Waals surface area contributed by atoms with E-state index < -0.39 is 43.1 Å². The van der Waals surface area contributed by atoms with E-state index in [1.54, 1.807) is 0 Å². The quantitative estimate of drug-likeness (QED) is 0.775. The number of carbonyl (C=O) groups excluding carboxylic acids is 2. The molecule has 5 nitrogen and oxygen atoms in total. The van der Waals surface area contributed by atoms with E-state index in [-0.39, 0.29) is 18.1 Å². The normalized spacial score (nSPS) is 20.7. The molecule has 1 N–H and O–H groups in total. The van der Waals surface area contributed by atoms with Gasteiger partial charge in [0, 0.05) is 13.1 Å². The third-order valence-corrected chi connectivity index (χ3v) is 2.67. The van der Waals surface area contributed by atoms with Crippen LogP contribution in [-0.4, -0.2) is 61.2 Å². The average molecular weight is 304 g/mol. The predicted molar refractivity (Wildman–Crippen MR) is 56.0 cm³/mol. The number of nitrogens with zero attached hydrogens (tertiary/aromatic N) is 1. The minimum Gasteiger partial charge on any atom is -0.377 e. The molecule has 0 aromatic rings. The summed E-state index contributed by atoms with van der Waals surface area (Å²) in [5.74, 6) is -8.81. The Hall–Kier alpha value is -1.45. The van der Waals surface area contributed by atoms with E-state index in [1.165, 1.54) is 6.92 Å². The third-order valence-electron chi connectivity index (χ3n) is 2.67. The number of ether oxygens (including phenoxy) is 1. The van der Waals surface area contributed by atoms with Crippen molar-refractivity contribution >= 4 is 11.8 Å². The van der Waals surface area contributed by atoms with Gasteiger partial charge in [-0.2, -0.15) is 22.0 Å². The number of nitrogens with one attached hydrogen (secondary N) is 1. The van der Waals surface area contributed by atoms with Crippen molar-refractivity contribution in [3.05, 3.63) is 0 Å². The van der Waals surface area contributed by atoms with Crippen LogP contribution in [0.15, 0.2) is 0 Å². The SMILES string of the molecule is CCNC(=O)C1COCCN1C(=O)C(F)(F)C(F)(F)F. The first kappa shape index (κ1) is 16.6. The highest BCUT2D eigenvalue weighted by Gasteiger charge is 2.65. The lowest BCUT2D eigenvalue weighted by molar-refractivity contribution is -0.276. The Kier molecular flexibility index (Phi) is 4.90. The summed E-state index contributed by atoms with van der Waals surface area (Å²) < 4.78 is 67.5. The van der Waals surface area contributed by atoms with Crippen LogP contribution >= 0.6 is 0 Å². The highest BCUT2D eigenvalue weighted by Crippen LogP contribution is 2.37. The molecule has 20 heavy (non-hydrogen) atoms. The molecular formula is C10H13F5N2O3. The Morgan fingerprint density at radius 3 is 2.40 bits per heavy atom. The molecule has 10 heteroatoms. The van der Waals surface area contributed by atoms with Crippen LogP contribution in [0.4, 0.5) is 22.0 Å². The molecule has 0 saturated carbocycles. The molecule has 116 valence electrons. The van der Waals surface area contributed by atoms with Gasteiger partial charge >= 0.3 is 18.0 Å². The van der Waals surface area contributed by atoms with Crippen molar-refractivity contribution in [2.45, 2.75) is 25.1 Å². The van der Waals surface area contributed by atoms with Crippen molar-refractivity contribution in [2.75, 3.05) is 26.3 Å². The van der Waals surface area contributed by atoms with E-state index in [0.717, 1.165) is 0 Å². The van der Waals surface area contributed by atoms with Gasteiger partial charge in [-0.15, -0.1) is 0 Å². The maximum Gasteiger partial charge on any atom is 0.463 e. The molecule has 0 bridgehead atoms. The topological polar surface area (TPSA) is 58.6 Å². The molecule has 1 heterocycles. The second-order valence-corrected chi connectivity index (χ2v) is 4.06. The van der Waals surface area contributed by atoms with Crippen LogP contribution in [0.1, 0.15) is 6.92 Å². The molecule has 0 aromatic heterocycles. The number of likely N-dealkylation sites (N-methyl/N-ethyl adjacent to an activating group) is 1. The molecule has 2 amide bonds. The summed E-state index contributed by atoms with van der Waals surface area (Å²) in [5.41, 5.74) is 0. The van der Waals surface area contributed by atoms with E-state index in [1.807, 2.05) is 0 Å². The highest BCUT2D eigenvalue weighted by atomic mass is 19.4. The van der Waals surface area contributed by atoms with Gasteiger partial charge in [-0.05, 0) is 6.92 Å². The molecular weight excluding hydrogens is 291 g/mol. The lowest BCUT2D eigenvalue weighted by Gasteiger charge is -2.36. The molecule has 1 unspecified atom stereocenters. The largest absolute Gasteiger partial charge is 0.463 e. The fourth-order valence-corrected chi connectivity index (χ4v) is 1.66. The van der Waals surface area contributed by atoms with Crippen LogP contribution in [0.3, 0.4) is 0 Å². The lowest BCUT2D eigenvalue weighted by Crippen LogP contribution is -2.62. The van der Waals surface area contributed by atoms with E-state index in [2.05, 4.69) is 5.32 Å². The van der Waals surface area contributed by atoms with Gasteiger partial charge in [0.05, 0.1) is 13.2 Å². The summed E-state index contributed by atoms with van der Waals surface area (Å²) in [6.45, 7) is 0.540. The van der Waals surface area contributed by atoms with Gasteiger partial charge in [-0.1, -0.05) is 0 Å². The minimum atomic E-state index is -6.01. The maximum absolute atomic E-state index is 13.0. The number of morpholine rings is 1. The molecule has 1 fully saturated rings. The molecule has 1 atom stereocenters. The summed E-state index contributed by atoms with van der Waals surface area (Å²) in [5, 5.41) is 2.25. The summed E-state index contributed by atoms with van der Waals surface area (Å²) in [7, 11) is 0. The first-order chi connectivity index (χ1) is 9.13. The minimum absolute atomic E-state index is 0.146. The zero-order valence-corrected chi connectivity index (χ0v) is 10.5. The smallest absolute Gasteiger partial charge is 0.377 e. The maximum atomic E-state index is 13.0. The van der Waals surface area contributed by atoms with Crippen LogP contribution in [-0.2, 0) is 14.3 Å². The van der Waals surface area contributed by atoms with Crippen molar-refractivity contribution in [1.82, 2.24) is 10.2 Å². The average Bonchev–Trinajstić information content (AvgIpc) is 2.36. The molecule has 1 rings (SSSR count). The number of hydrogen-bond acceptors (Lipinski definition) is 3. The number of halogens is 5. The fraction of sp³-hybridized carbons (Fsp3) is 0.800. The highest BCUT2D eigenvalue weighted by molar-refractivity contribution is 5.91. The van der Waals surface area contributed by atoms with Crippen LogP contribution in [0.2, 0.25) is 0 Å². The van der Waals surface area contributed by atoms with E-state index >= 15 is 0 Å². The van der Waals surface area contributed by atoms with Crippen molar-refractivity contribution in [1.29, 1.82) is 0 Å². The number of alkyl halides is 5. The molecule has 0 spiro atoms. The molecule has 1 aliphatic rings. The van der Waals surface area contributed by atoms with Crippen LogP contribution in [0.25, 0.3) is 0 Å². The Morgan fingerprint density at radius 1 is 1.30 bits per heavy atom. The Bertz CT molecular complexity index is 386. The molecule has 1 aliphatic heterocycles. The molecule has 0 aromatic carbocycles. The zero-order chi connectivity index (χ0) is 15.6. The monoisotopic (exact) mass is 304 g/mol. The Balaban J connectivity index is 2.96. The summed E-state index contributed by atoms with van der Waals surface area (Å²) in [6.07, 6.45) is -6.01. The Morgan fingerprint density at radius 2 is 1.90 bits per heavy atom. The molecule has 0 aliphatic carbocycles. The first-order valence-corrected chi connectivity index (χ1v) is 5.74. The van der Waals surface area contributed by atoms with Crippen LogP contribution in [0.5, 0.6) is 0 Å². The van der Waals surface area contributed by atoms with Crippen LogP contribution in [0, 0.1) is 0 Å². The molecule has 1 saturated heterocycles. The van der Waals surface area contributed by atoms with Crippen molar-refractivity contribution in [2.24, 2.45) is 0 Å². The standard InChI is InChI=1S/C10H13F5N2O3/c1-2-16-7(18)6-5-20-4-3-17(6)8(19)9(11,12)10(13,14)15/h6H,2-5H2,1H3,(H,16,18). The van der Waals surface area contributed by atoms with Gasteiger partial charge in [-0.25, -0.2) is 0 Å². The second-order valence-electron chi connectivity index (χ2n) is 4.06.